The predicted octanol–water partition coefficient (Wildman–Crippen LogP) is 4.58. The predicted molar refractivity (Wildman–Crippen MR) is 110 cm³/mol. The van der Waals surface area contributed by atoms with Gasteiger partial charge in [-0.3, -0.25) is 14.8 Å². The average Bonchev–Trinajstić information content (AvgIpc) is 3.41. The highest BCUT2D eigenvalue weighted by Gasteiger charge is 2.15. The van der Waals surface area contributed by atoms with Crippen molar-refractivity contribution in [1.29, 1.82) is 0 Å². The molecule has 3 aromatic heterocycles. The molecule has 0 aliphatic heterocycles. The summed E-state index contributed by atoms with van der Waals surface area (Å²) in [5, 5.41) is 4.62. The number of carbonyl (C=O) groups excluding carboxylic acids is 1. The summed E-state index contributed by atoms with van der Waals surface area (Å²) in [4.78, 5) is 22.0. The molecule has 1 aromatic carbocycles. The first kappa shape index (κ1) is 18.3. The summed E-state index contributed by atoms with van der Waals surface area (Å²) in [5.74, 6) is 6.46. The van der Waals surface area contributed by atoms with Crippen molar-refractivity contribution in [2.45, 2.75) is 6.54 Å². The number of aromatic nitrogens is 2. The molecule has 4 rings (SSSR count). The van der Waals surface area contributed by atoms with Crippen LogP contribution in [0.1, 0.15) is 15.2 Å². The maximum atomic E-state index is 12.6. The Morgan fingerprint density at radius 1 is 1.07 bits per heavy atom. The van der Waals surface area contributed by atoms with Crippen molar-refractivity contribution in [1.82, 2.24) is 15.0 Å². The van der Waals surface area contributed by atoms with E-state index in [1.165, 1.54) is 33.9 Å². The summed E-state index contributed by atoms with van der Waals surface area (Å²) in [6, 6.07) is 16.8. The Balaban J connectivity index is 1.39. The molecule has 140 valence electrons. The summed E-state index contributed by atoms with van der Waals surface area (Å²) >= 11 is 2.95. The Morgan fingerprint density at radius 3 is 2.64 bits per heavy atom. The van der Waals surface area contributed by atoms with Gasteiger partial charge in [-0.15, -0.1) is 22.7 Å². The van der Waals surface area contributed by atoms with Crippen LogP contribution in [0.25, 0.3) is 10.7 Å². The molecule has 4 aromatic rings. The second-order valence-electron chi connectivity index (χ2n) is 5.84. The van der Waals surface area contributed by atoms with Crippen molar-refractivity contribution in [3.63, 3.8) is 0 Å². The highest BCUT2D eigenvalue weighted by Crippen LogP contribution is 2.30. The lowest BCUT2D eigenvalue weighted by Crippen LogP contribution is -2.36. The minimum absolute atomic E-state index is 0.288. The number of hydrogen-bond donors (Lipinski definition) is 1. The third-order valence-corrected chi connectivity index (χ3v) is 5.59. The van der Waals surface area contributed by atoms with Crippen LogP contribution in [0.2, 0.25) is 0 Å². The number of benzene rings is 1. The average molecular weight is 409 g/mol. The van der Waals surface area contributed by atoms with Gasteiger partial charge < -0.3 is 4.74 Å². The third-order valence-electron chi connectivity index (χ3n) is 3.85. The number of thiazole rings is 1. The highest BCUT2D eigenvalue weighted by atomic mass is 32.1. The summed E-state index contributed by atoms with van der Waals surface area (Å²) < 4.78 is 5.79. The molecule has 0 unspecified atom stereocenters. The lowest BCUT2D eigenvalue weighted by atomic mass is 10.2. The normalized spacial score (nSPS) is 10.6. The minimum atomic E-state index is -0.294. The van der Waals surface area contributed by atoms with Gasteiger partial charge in [0.05, 0.1) is 17.8 Å². The lowest BCUT2D eigenvalue weighted by molar-refractivity contribution is 0.0744. The van der Waals surface area contributed by atoms with E-state index >= 15 is 0 Å². The molecule has 0 saturated heterocycles. The number of rotatable bonds is 6. The van der Waals surface area contributed by atoms with E-state index in [9.17, 15) is 4.79 Å². The molecular weight excluding hydrogens is 392 g/mol. The minimum Gasteiger partial charge on any atom is -0.447 e. The van der Waals surface area contributed by atoms with Gasteiger partial charge in [-0.2, -0.15) is 0 Å². The Bertz CT molecular complexity index is 1050. The second-order valence-corrected chi connectivity index (χ2v) is 7.86. The van der Waals surface area contributed by atoms with Crippen molar-refractivity contribution in [3.8, 4) is 21.5 Å². The van der Waals surface area contributed by atoms with E-state index in [0.29, 0.717) is 5.56 Å². The number of ether oxygens (including phenoxy) is 1. The summed E-state index contributed by atoms with van der Waals surface area (Å²) in [6.07, 6.45) is 3.25. The van der Waals surface area contributed by atoms with E-state index in [1.807, 2.05) is 47.8 Å². The fourth-order valence-corrected chi connectivity index (χ4v) is 3.99. The Kier molecular flexibility index (Phi) is 5.43. The van der Waals surface area contributed by atoms with Crippen LogP contribution in [0.15, 0.2) is 72.4 Å². The summed E-state index contributed by atoms with van der Waals surface area (Å²) in [7, 11) is 0. The molecular formula is C20H16N4O2S2. The smallest absolute Gasteiger partial charge is 0.269 e. The SMILES string of the molecule is NN(Cc1ccc(Oc2ccccc2)s1)C(=O)c1ccc(-c2nccs2)nc1. The Morgan fingerprint density at radius 2 is 1.93 bits per heavy atom. The van der Waals surface area contributed by atoms with Crippen LogP contribution in [0.5, 0.6) is 10.8 Å². The molecule has 0 saturated carbocycles. The monoisotopic (exact) mass is 408 g/mol. The van der Waals surface area contributed by atoms with Gasteiger partial charge in [0.1, 0.15) is 10.8 Å². The third kappa shape index (κ3) is 4.25. The number of pyridine rings is 1. The van der Waals surface area contributed by atoms with Gasteiger partial charge in [0.25, 0.3) is 5.91 Å². The number of hydrazine groups is 1. The largest absolute Gasteiger partial charge is 0.447 e. The molecule has 0 bridgehead atoms. The number of carbonyl (C=O) groups is 1. The number of hydrogen-bond acceptors (Lipinski definition) is 7. The van der Waals surface area contributed by atoms with Crippen molar-refractivity contribution >= 4 is 28.6 Å². The van der Waals surface area contributed by atoms with Gasteiger partial charge in [0.15, 0.2) is 5.06 Å². The first-order valence-corrected chi connectivity index (χ1v) is 10.1. The maximum Gasteiger partial charge on any atom is 0.269 e. The van der Waals surface area contributed by atoms with Crippen LogP contribution >= 0.6 is 22.7 Å². The van der Waals surface area contributed by atoms with E-state index in [0.717, 1.165) is 26.4 Å². The molecule has 1 amide bonds. The van der Waals surface area contributed by atoms with Crippen LogP contribution in [-0.2, 0) is 6.54 Å². The number of nitrogens with zero attached hydrogens (tertiary/aromatic N) is 3. The molecule has 28 heavy (non-hydrogen) atoms. The van der Waals surface area contributed by atoms with Gasteiger partial charge in [0.2, 0.25) is 0 Å². The van der Waals surface area contributed by atoms with Crippen molar-refractivity contribution in [3.05, 3.63) is 82.8 Å². The van der Waals surface area contributed by atoms with Crippen LogP contribution in [-0.4, -0.2) is 20.9 Å². The molecule has 0 aliphatic carbocycles. The zero-order chi connectivity index (χ0) is 19.3. The van der Waals surface area contributed by atoms with Crippen molar-refractivity contribution in [2.75, 3.05) is 0 Å². The summed E-state index contributed by atoms with van der Waals surface area (Å²) in [5.41, 5.74) is 1.16. The van der Waals surface area contributed by atoms with Gasteiger partial charge >= 0.3 is 0 Å². The lowest BCUT2D eigenvalue weighted by Gasteiger charge is -2.15. The fourth-order valence-electron chi connectivity index (χ4n) is 2.51. The highest BCUT2D eigenvalue weighted by molar-refractivity contribution is 7.13. The van der Waals surface area contributed by atoms with Gasteiger partial charge in [-0.25, -0.2) is 10.8 Å². The van der Waals surface area contributed by atoms with E-state index in [1.54, 1.807) is 18.3 Å². The van der Waals surface area contributed by atoms with Crippen molar-refractivity contribution < 1.29 is 9.53 Å². The molecule has 3 heterocycles. The Hall–Kier alpha value is -3.07. The topological polar surface area (TPSA) is 81.3 Å². The van der Waals surface area contributed by atoms with E-state index < -0.39 is 0 Å². The van der Waals surface area contributed by atoms with Crippen LogP contribution < -0.4 is 10.6 Å². The van der Waals surface area contributed by atoms with Crippen molar-refractivity contribution in [2.24, 2.45) is 5.84 Å². The van der Waals surface area contributed by atoms with Gasteiger partial charge in [-0.1, -0.05) is 18.2 Å². The number of amides is 1. The van der Waals surface area contributed by atoms with Gasteiger partial charge in [0, 0.05) is 22.7 Å². The molecule has 0 aliphatic rings. The molecule has 0 spiro atoms. The number of para-hydroxylation sites is 1. The molecule has 0 atom stereocenters. The van der Waals surface area contributed by atoms with E-state index in [2.05, 4.69) is 9.97 Å². The fraction of sp³-hybridized carbons (Fsp3) is 0.0500. The maximum absolute atomic E-state index is 12.6. The standard InChI is InChI=1S/C20H16N4O2S2/c21-24(13-16-7-9-18(28-16)26-15-4-2-1-3-5-15)20(25)14-6-8-17(23-12-14)19-22-10-11-27-19/h1-12H,13,21H2. The van der Waals surface area contributed by atoms with Crippen LogP contribution in [0.4, 0.5) is 0 Å². The first-order chi connectivity index (χ1) is 13.7. The molecule has 0 radical (unpaired) electrons. The zero-order valence-electron chi connectivity index (χ0n) is 14.7. The molecule has 0 fully saturated rings. The van der Waals surface area contributed by atoms with E-state index in [4.69, 9.17) is 10.6 Å². The van der Waals surface area contributed by atoms with E-state index in [-0.39, 0.29) is 12.5 Å². The molecule has 2 N–H and O–H groups in total. The molecule has 6 nitrogen and oxygen atoms in total. The van der Waals surface area contributed by atoms with Gasteiger partial charge in [-0.05, 0) is 36.4 Å². The first-order valence-electron chi connectivity index (χ1n) is 8.43. The Labute approximate surface area is 169 Å². The van der Waals surface area contributed by atoms with Crippen LogP contribution in [0, 0.1) is 0 Å². The zero-order valence-corrected chi connectivity index (χ0v) is 16.3. The molecule has 8 heteroatoms. The quantitative estimate of drug-likeness (QED) is 0.287. The second kappa shape index (κ2) is 8.30. The summed E-state index contributed by atoms with van der Waals surface area (Å²) in [6.45, 7) is 0.288. The number of nitrogens with two attached hydrogens (primary N) is 1. The number of thiophene rings is 1. The van der Waals surface area contributed by atoms with Crippen LogP contribution in [0.3, 0.4) is 0 Å².